The molecule has 0 saturated heterocycles. The molecule has 0 atom stereocenters. The Labute approximate surface area is 158 Å². The number of hydrogen-bond acceptors (Lipinski definition) is 7. The zero-order chi connectivity index (χ0) is 18.6. The Kier molecular flexibility index (Phi) is 4.59. The van der Waals surface area contributed by atoms with E-state index in [0.717, 1.165) is 11.7 Å². The second-order valence-corrected chi connectivity index (χ2v) is 6.06. The lowest BCUT2D eigenvalue weighted by Gasteiger charge is -2.08. The van der Waals surface area contributed by atoms with Gasteiger partial charge in [0.15, 0.2) is 22.5 Å². The minimum atomic E-state index is -0.501. The zero-order valence-electron chi connectivity index (χ0n) is 13.9. The van der Waals surface area contributed by atoms with Gasteiger partial charge in [-0.2, -0.15) is 8.75 Å². The fraction of sp³-hybridized carbons (Fsp3) is 0. The second-order valence-electron chi connectivity index (χ2n) is 5.53. The summed E-state index contributed by atoms with van der Waals surface area (Å²) in [4.78, 5) is 24.5. The van der Waals surface area contributed by atoms with Crippen molar-refractivity contribution in [2.45, 2.75) is 0 Å². The number of nitrogens with zero attached hydrogens (tertiary/aromatic N) is 2. The summed E-state index contributed by atoms with van der Waals surface area (Å²) < 4.78 is 19.2. The molecule has 0 aliphatic carbocycles. The number of esters is 2. The summed E-state index contributed by atoms with van der Waals surface area (Å²) >= 11 is 0.944. The highest BCUT2D eigenvalue weighted by Crippen LogP contribution is 2.32. The molecule has 0 N–H and O–H groups in total. The van der Waals surface area contributed by atoms with Crippen molar-refractivity contribution in [2.75, 3.05) is 0 Å². The second kappa shape index (κ2) is 7.35. The average molecular weight is 376 g/mol. The first-order chi connectivity index (χ1) is 13.2. The van der Waals surface area contributed by atoms with Gasteiger partial charge >= 0.3 is 11.9 Å². The number of carbonyl (C=O) groups excluding carboxylic acids is 2. The first kappa shape index (κ1) is 16.9. The van der Waals surface area contributed by atoms with Gasteiger partial charge in [0.1, 0.15) is 0 Å². The topological polar surface area (TPSA) is 78.4 Å². The van der Waals surface area contributed by atoms with E-state index in [0.29, 0.717) is 22.2 Å². The summed E-state index contributed by atoms with van der Waals surface area (Å²) in [5, 5.41) is 0. The Morgan fingerprint density at radius 1 is 0.630 bits per heavy atom. The van der Waals surface area contributed by atoms with E-state index < -0.39 is 11.9 Å². The molecule has 3 aromatic carbocycles. The number of benzene rings is 3. The van der Waals surface area contributed by atoms with Gasteiger partial charge in [0, 0.05) is 0 Å². The van der Waals surface area contributed by atoms with Crippen LogP contribution in [0, 0.1) is 0 Å². The number of aromatic nitrogens is 2. The summed E-state index contributed by atoms with van der Waals surface area (Å²) in [7, 11) is 0. The Morgan fingerprint density at radius 3 is 1.44 bits per heavy atom. The van der Waals surface area contributed by atoms with Gasteiger partial charge in [-0.3, -0.25) is 0 Å². The first-order valence-electron chi connectivity index (χ1n) is 8.02. The van der Waals surface area contributed by atoms with Crippen LogP contribution in [0.2, 0.25) is 0 Å². The molecular formula is C20H12N2O4S. The Bertz CT molecular complexity index is 1020. The molecule has 27 heavy (non-hydrogen) atoms. The van der Waals surface area contributed by atoms with Gasteiger partial charge in [-0.05, 0) is 36.4 Å². The van der Waals surface area contributed by atoms with Crippen LogP contribution in [-0.2, 0) is 0 Å². The molecule has 0 fully saturated rings. The molecule has 0 unspecified atom stereocenters. The molecular weight excluding hydrogens is 364 g/mol. The van der Waals surface area contributed by atoms with Gasteiger partial charge in [0.05, 0.1) is 22.9 Å². The predicted molar refractivity (Wildman–Crippen MR) is 100 cm³/mol. The molecule has 0 bridgehead atoms. The molecule has 132 valence electrons. The molecule has 4 rings (SSSR count). The number of rotatable bonds is 4. The van der Waals surface area contributed by atoms with Gasteiger partial charge in [-0.25, -0.2) is 9.59 Å². The molecule has 1 aromatic heterocycles. The van der Waals surface area contributed by atoms with Crippen LogP contribution in [0.1, 0.15) is 20.7 Å². The standard InChI is InChI=1S/C20H12N2O4S/c23-19(13-7-3-1-4-8-13)25-15-11-12-16(18-17(15)21-27-22-18)26-20(24)14-9-5-2-6-10-14/h1-12H. The van der Waals surface area contributed by atoms with Gasteiger partial charge in [-0.15, -0.1) is 0 Å². The number of fused-ring (bicyclic) bond motifs is 1. The molecule has 0 amide bonds. The van der Waals surface area contributed by atoms with Gasteiger partial charge in [0.25, 0.3) is 0 Å². The van der Waals surface area contributed by atoms with E-state index >= 15 is 0 Å². The molecule has 0 aliphatic rings. The van der Waals surface area contributed by atoms with Crippen LogP contribution in [0.3, 0.4) is 0 Å². The average Bonchev–Trinajstić information content (AvgIpc) is 3.21. The maximum absolute atomic E-state index is 12.3. The maximum atomic E-state index is 12.3. The van der Waals surface area contributed by atoms with Crippen molar-refractivity contribution in [3.63, 3.8) is 0 Å². The summed E-state index contributed by atoms with van der Waals surface area (Å²) in [6.45, 7) is 0. The summed E-state index contributed by atoms with van der Waals surface area (Å²) in [5.74, 6) is -0.489. The van der Waals surface area contributed by atoms with Gasteiger partial charge in [-0.1, -0.05) is 36.4 Å². The molecule has 1 heterocycles. The normalized spacial score (nSPS) is 10.5. The lowest BCUT2D eigenvalue weighted by molar-refractivity contribution is 0.0722. The fourth-order valence-electron chi connectivity index (χ4n) is 2.45. The van der Waals surface area contributed by atoms with Gasteiger partial charge < -0.3 is 9.47 Å². The highest BCUT2D eigenvalue weighted by molar-refractivity contribution is 7.00. The van der Waals surface area contributed by atoms with Crippen LogP contribution in [0.5, 0.6) is 11.5 Å². The molecule has 0 aliphatic heterocycles. The van der Waals surface area contributed by atoms with Crippen LogP contribution in [0.15, 0.2) is 72.8 Å². The van der Waals surface area contributed by atoms with E-state index in [-0.39, 0.29) is 11.5 Å². The summed E-state index contributed by atoms with van der Waals surface area (Å²) in [6.07, 6.45) is 0. The Balaban J connectivity index is 1.61. The van der Waals surface area contributed by atoms with E-state index in [1.807, 2.05) is 12.1 Å². The quantitative estimate of drug-likeness (QED) is 0.394. The number of carbonyl (C=O) groups is 2. The molecule has 7 heteroatoms. The Morgan fingerprint density at radius 2 is 1.04 bits per heavy atom. The van der Waals surface area contributed by atoms with Crippen LogP contribution in [0.25, 0.3) is 11.0 Å². The first-order valence-corrected chi connectivity index (χ1v) is 8.75. The smallest absolute Gasteiger partial charge is 0.343 e. The molecule has 4 aromatic rings. The van der Waals surface area contributed by atoms with Crippen molar-refractivity contribution in [3.05, 3.63) is 83.9 Å². The van der Waals surface area contributed by atoms with Crippen molar-refractivity contribution in [3.8, 4) is 11.5 Å². The third kappa shape index (κ3) is 3.54. The molecule has 0 spiro atoms. The van der Waals surface area contributed by atoms with Gasteiger partial charge in [0.2, 0.25) is 0 Å². The van der Waals surface area contributed by atoms with Crippen molar-refractivity contribution < 1.29 is 19.1 Å². The minimum absolute atomic E-state index is 0.257. The third-order valence-corrected chi connectivity index (χ3v) is 4.29. The number of ether oxygens (including phenoxy) is 2. The summed E-state index contributed by atoms with van der Waals surface area (Å²) in [5.41, 5.74) is 1.58. The number of hydrogen-bond donors (Lipinski definition) is 0. The van der Waals surface area contributed by atoms with E-state index in [4.69, 9.17) is 9.47 Å². The monoisotopic (exact) mass is 376 g/mol. The van der Waals surface area contributed by atoms with Crippen LogP contribution in [0.4, 0.5) is 0 Å². The largest absolute Gasteiger partial charge is 0.420 e. The maximum Gasteiger partial charge on any atom is 0.343 e. The van der Waals surface area contributed by atoms with Crippen molar-refractivity contribution in [1.29, 1.82) is 0 Å². The van der Waals surface area contributed by atoms with Crippen LogP contribution < -0.4 is 9.47 Å². The molecule has 0 radical (unpaired) electrons. The predicted octanol–water partition coefficient (Wildman–Crippen LogP) is 4.13. The SMILES string of the molecule is O=C(Oc1ccc(OC(=O)c2ccccc2)c2nsnc12)c1ccccc1. The highest BCUT2D eigenvalue weighted by Gasteiger charge is 2.18. The van der Waals surface area contributed by atoms with E-state index in [9.17, 15) is 9.59 Å². The minimum Gasteiger partial charge on any atom is -0.420 e. The lowest BCUT2D eigenvalue weighted by Crippen LogP contribution is -2.10. The van der Waals surface area contributed by atoms with Crippen LogP contribution in [-0.4, -0.2) is 20.7 Å². The third-order valence-electron chi connectivity index (χ3n) is 3.77. The van der Waals surface area contributed by atoms with E-state index in [1.54, 1.807) is 48.5 Å². The van der Waals surface area contributed by atoms with Crippen molar-refractivity contribution >= 4 is 34.7 Å². The zero-order valence-corrected chi connectivity index (χ0v) is 14.7. The molecule has 0 saturated carbocycles. The Hall–Kier alpha value is -3.58. The van der Waals surface area contributed by atoms with E-state index in [2.05, 4.69) is 8.75 Å². The van der Waals surface area contributed by atoms with Crippen molar-refractivity contribution in [1.82, 2.24) is 8.75 Å². The lowest BCUT2D eigenvalue weighted by atomic mass is 10.2. The van der Waals surface area contributed by atoms with E-state index in [1.165, 1.54) is 12.1 Å². The van der Waals surface area contributed by atoms with Crippen LogP contribution >= 0.6 is 11.7 Å². The molecule has 6 nitrogen and oxygen atoms in total. The fourth-order valence-corrected chi connectivity index (χ4v) is 3.01. The summed E-state index contributed by atoms with van der Waals surface area (Å²) in [6, 6.07) is 20.4. The van der Waals surface area contributed by atoms with Crippen molar-refractivity contribution in [2.24, 2.45) is 0 Å². The highest BCUT2D eigenvalue weighted by atomic mass is 32.1.